The Morgan fingerprint density at radius 3 is 2.43 bits per heavy atom. The van der Waals surface area contributed by atoms with Crippen LogP contribution < -0.4 is 10.6 Å². The van der Waals surface area contributed by atoms with Crippen LogP contribution in [0.25, 0.3) is 0 Å². The third kappa shape index (κ3) is 5.50. The van der Waals surface area contributed by atoms with Crippen molar-refractivity contribution in [1.29, 1.82) is 0 Å². The Kier molecular flexibility index (Phi) is 8.05. The molecule has 0 saturated carbocycles. The number of nitrogens with zero attached hydrogens (tertiary/aromatic N) is 2. The average Bonchev–Trinajstić information content (AvgIpc) is 2.48. The summed E-state index contributed by atoms with van der Waals surface area (Å²) in [5.74, 6) is 2.34. The number of ether oxygens (including phenoxy) is 1. The van der Waals surface area contributed by atoms with Crippen LogP contribution in [0, 0.1) is 5.92 Å². The SMILES string of the molecule is CCCNc1ncnc(NC(COCC)C(C)C)c1CC. The summed E-state index contributed by atoms with van der Waals surface area (Å²) in [5, 5.41) is 6.91. The minimum absolute atomic E-state index is 0.254. The van der Waals surface area contributed by atoms with E-state index < -0.39 is 0 Å². The highest BCUT2D eigenvalue weighted by molar-refractivity contribution is 5.57. The topological polar surface area (TPSA) is 59.1 Å². The first-order valence-electron chi connectivity index (χ1n) is 8.05. The molecule has 1 unspecified atom stereocenters. The van der Waals surface area contributed by atoms with Gasteiger partial charge in [0.2, 0.25) is 0 Å². The standard InChI is InChI=1S/C16H30N4O/c1-6-9-17-15-13(7-2)16(19-11-18-15)20-14(12(4)5)10-21-8-3/h11-12,14H,6-10H2,1-5H3,(H2,17,18,19,20). The van der Waals surface area contributed by atoms with Crippen molar-refractivity contribution >= 4 is 11.6 Å². The first-order valence-corrected chi connectivity index (χ1v) is 8.05. The lowest BCUT2D eigenvalue weighted by atomic mass is 10.0. The van der Waals surface area contributed by atoms with Crippen LogP contribution in [0.4, 0.5) is 11.6 Å². The van der Waals surface area contributed by atoms with Crippen LogP contribution in [0.1, 0.15) is 46.6 Å². The Hall–Kier alpha value is -1.36. The van der Waals surface area contributed by atoms with Crippen LogP contribution in [0.2, 0.25) is 0 Å². The second-order valence-electron chi connectivity index (χ2n) is 5.48. The maximum Gasteiger partial charge on any atom is 0.135 e. The molecule has 5 heteroatoms. The molecular formula is C16H30N4O. The van der Waals surface area contributed by atoms with Crippen molar-refractivity contribution < 1.29 is 4.74 Å². The minimum Gasteiger partial charge on any atom is -0.380 e. The first kappa shape index (κ1) is 17.7. The summed E-state index contributed by atoms with van der Waals surface area (Å²) in [7, 11) is 0. The van der Waals surface area contributed by atoms with E-state index in [0.717, 1.165) is 43.2 Å². The van der Waals surface area contributed by atoms with Gasteiger partial charge in [-0.05, 0) is 25.7 Å². The molecule has 1 aromatic rings. The fourth-order valence-electron chi connectivity index (χ4n) is 2.09. The number of rotatable bonds is 10. The molecule has 0 amide bonds. The van der Waals surface area contributed by atoms with Crippen LogP contribution >= 0.6 is 0 Å². The quantitative estimate of drug-likeness (QED) is 0.693. The van der Waals surface area contributed by atoms with E-state index in [1.807, 2.05) is 6.92 Å². The van der Waals surface area contributed by atoms with Gasteiger partial charge in [-0.3, -0.25) is 0 Å². The molecule has 5 nitrogen and oxygen atoms in total. The van der Waals surface area contributed by atoms with E-state index in [-0.39, 0.29) is 6.04 Å². The molecular weight excluding hydrogens is 264 g/mol. The molecule has 0 radical (unpaired) electrons. The van der Waals surface area contributed by atoms with Gasteiger partial charge in [-0.1, -0.05) is 27.7 Å². The molecule has 1 rings (SSSR count). The first-order chi connectivity index (χ1) is 10.1. The van der Waals surface area contributed by atoms with Gasteiger partial charge >= 0.3 is 0 Å². The molecule has 0 aliphatic heterocycles. The number of hydrogen-bond acceptors (Lipinski definition) is 5. The van der Waals surface area contributed by atoms with Crippen molar-refractivity contribution in [2.75, 3.05) is 30.4 Å². The van der Waals surface area contributed by atoms with Crippen molar-refractivity contribution in [2.45, 2.75) is 53.5 Å². The van der Waals surface area contributed by atoms with Crippen LogP contribution in [-0.4, -0.2) is 35.8 Å². The lowest BCUT2D eigenvalue weighted by Gasteiger charge is -2.24. The van der Waals surface area contributed by atoms with Crippen molar-refractivity contribution in [2.24, 2.45) is 5.92 Å². The molecule has 1 aromatic heterocycles. The third-order valence-electron chi connectivity index (χ3n) is 3.47. The Morgan fingerprint density at radius 1 is 1.14 bits per heavy atom. The zero-order valence-corrected chi connectivity index (χ0v) is 14.1. The van der Waals surface area contributed by atoms with Gasteiger partial charge in [-0.2, -0.15) is 0 Å². The van der Waals surface area contributed by atoms with Crippen molar-refractivity contribution in [3.8, 4) is 0 Å². The lowest BCUT2D eigenvalue weighted by Crippen LogP contribution is -2.32. The van der Waals surface area contributed by atoms with Gasteiger partial charge in [0.1, 0.15) is 18.0 Å². The average molecular weight is 294 g/mol. The largest absolute Gasteiger partial charge is 0.380 e. The van der Waals surface area contributed by atoms with Gasteiger partial charge in [-0.25, -0.2) is 9.97 Å². The van der Waals surface area contributed by atoms with Gasteiger partial charge in [-0.15, -0.1) is 0 Å². The highest BCUT2D eigenvalue weighted by atomic mass is 16.5. The molecule has 0 aliphatic rings. The molecule has 21 heavy (non-hydrogen) atoms. The molecule has 120 valence electrons. The molecule has 1 atom stereocenters. The van der Waals surface area contributed by atoms with Crippen LogP contribution in [0.3, 0.4) is 0 Å². The van der Waals surface area contributed by atoms with E-state index in [0.29, 0.717) is 12.5 Å². The molecule has 0 aromatic carbocycles. The number of aromatic nitrogens is 2. The number of anilines is 2. The van der Waals surface area contributed by atoms with Gasteiger partial charge in [0.05, 0.1) is 12.6 Å². The maximum atomic E-state index is 5.58. The second-order valence-corrected chi connectivity index (χ2v) is 5.48. The zero-order chi connectivity index (χ0) is 15.7. The number of hydrogen-bond donors (Lipinski definition) is 2. The highest BCUT2D eigenvalue weighted by Crippen LogP contribution is 2.22. The summed E-state index contributed by atoms with van der Waals surface area (Å²) in [4.78, 5) is 8.80. The fraction of sp³-hybridized carbons (Fsp3) is 0.750. The van der Waals surface area contributed by atoms with Crippen LogP contribution in [0.15, 0.2) is 6.33 Å². The van der Waals surface area contributed by atoms with E-state index in [4.69, 9.17) is 4.74 Å². The van der Waals surface area contributed by atoms with Crippen molar-refractivity contribution in [3.63, 3.8) is 0 Å². The molecule has 0 bridgehead atoms. The van der Waals surface area contributed by atoms with Gasteiger partial charge < -0.3 is 15.4 Å². The molecule has 1 heterocycles. The van der Waals surface area contributed by atoms with E-state index in [2.05, 4.69) is 48.3 Å². The molecule has 0 saturated heterocycles. The maximum absolute atomic E-state index is 5.58. The summed E-state index contributed by atoms with van der Waals surface area (Å²) in [5.41, 5.74) is 1.15. The van der Waals surface area contributed by atoms with Crippen LogP contribution in [-0.2, 0) is 11.2 Å². The second kappa shape index (κ2) is 9.55. The van der Waals surface area contributed by atoms with E-state index >= 15 is 0 Å². The monoisotopic (exact) mass is 294 g/mol. The third-order valence-corrected chi connectivity index (χ3v) is 3.47. The Bertz CT molecular complexity index is 409. The number of nitrogens with one attached hydrogen (secondary N) is 2. The Labute approximate surface area is 128 Å². The summed E-state index contributed by atoms with van der Waals surface area (Å²) >= 11 is 0. The summed E-state index contributed by atoms with van der Waals surface area (Å²) in [6.45, 7) is 13.0. The van der Waals surface area contributed by atoms with Crippen LogP contribution in [0.5, 0.6) is 0 Å². The zero-order valence-electron chi connectivity index (χ0n) is 14.1. The Morgan fingerprint density at radius 2 is 1.86 bits per heavy atom. The summed E-state index contributed by atoms with van der Waals surface area (Å²) in [6, 6.07) is 0.254. The van der Waals surface area contributed by atoms with Crippen molar-refractivity contribution in [1.82, 2.24) is 9.97 Å². The van der Waals surface area contributed by atoms with E-state index in [1.54, 1.807) is 6.33 Å². The predicted octanol–water partition coefficient (Wildman–Crippen LogP) is 3.33. The van der Waals surface area contributed by atoms with E-state index in [1.165, 1.54) is 0 Å². The summed E-state index contributed by atoms with van der Waals surface area (Å²) in [6.07, 6.45) is 3.60. The molecule has 0 spiro atoms. The van der Waals surface area contributed by atoms with Gasteiger partial charge in [0.25, 0.3) is 0 Å². The van der Waals surface area contributed by atoms with E-state index in [9.17, 15) is 0 Å². The Balaban J connectivity index is 2.89. The lowest BCUT2D eigenvalue weighted by molar-refractivity contribution is 0.126. The smallest absolute Gasteiger partial charge is 0.135 e. The minimum atomic E-state index is 0.254. The normalized spacial score (nSPS) is 12.5. The molecule has 0 aliphatic carbocycles. The fourth-order valence-corrected chi connectivity index (χ4v) is 2.09. The highest BCUT2D eigenvalue weighted by Gasteiger charge is 2.17. The predicted molar refractivity (Wildman–Crippen MR) is 88.9 cm³/mol. The van der Waals surface area contributed by atoms with Gasteiger partial charge in [0.15, 0.2) is 0 Å². The van der Waals surface area contributed by atoms with Crippen molar-refractivity contribution in [3.05, 3.63) is 11.9 Å². The molecule has 2 N–H and O–H groups in total. The summed E-state index contributed by atoms with van der Waals surface area (Å²) < 4.78 is 5.58. The van der Waals surface area contributed by atoms with Gasteiger partial charge in [0, 0.05) is 18.7 Å². The molecule has 0 fully saturated rings.